The average molecular weight is 172 g/mol. The molecule has 0 bridgehead atoms. The fraction of sp³-hybridized carbons (Fsp3) is 0.625. The fourth-order valence-corrected chi connectivity index (χ4v) is 1.29. The molecule has 4 nitrogen and oxygen atoms in total. The number of carbonyl (C=O) groups is 1. The lowest BCUT2D eigenvalue weighted by atomic mass is 10.1. The first-order valence-electron chi connectivity index (χ1n) is 3.95. The second kappa shape index (κ2) is 3.58. The Morgan fingerprint density at radius 3 is 2.92 bits per heavy atom. The summed E-state index contributed by atoms with van der Waals surface area (Å²) in [5, 5.41) is 9.35. The van der Waals surface area contributed by atoms with Crippen LogP contribution in [0.1, 0.15) is 6.42 Å². The highest BCUT2D eigenvalue weighted by Gasteiger charge is 2.24. The van der Waals surface area contributed by atoms with Crippen LogP contribution in [0, 0.1) is 0 Å². The van der Waals surface area contributed by atoms with Crippen molar-refractivity contribution < 1.29 is 19.5 Å². The lowest BCUT2D eigenvalue weighted by Gasteiger charge is -2.20. The van der Waals surface area contributed by atoms with Crippen molar-refractivity contribution in [3.8, 4) is 0 Å². The third-order valence-electron chi connectivity index (χ3n) is 2.05. The van der Waals surface area contributed by atoms with Gasteiger partial charge in [-0.05, 0) is 0 Å². The van der Waals surface area contributed by atoms with E-state index in [-0.39, 0.29) is 5.76 Å². The van der Waals surface area contributed by atoms with Crippen LogP contribution in [-0.2, 0) is 9.53 Å². The van der Waals surface area contributed by atoms with Crippen LogP contribution < -0.4 is 4.90 Å². The van der Waals surface area contributed by atoms with Crippen LogP contribution in [0.2, 0.25) is 0 Å². The molecule has 4 heteroatoms. The normalized spacial score (nSPS) is 24.0. The van der Waals surface area contributed by atoms with E-state index in [0.29, 0.717) is 18.5 Å². The number of rotatable bonds is 1. The highest BCUT2D eigenvalue weighted by atomic mass is 16.5. The van der Waals surface area contributed by atoms with E-state index in [1.54, 1.807) is 0 Å². The van der Waals surface area contributed by atoms with Crippen LogP contribution in [0.15, 0.2) is 11.3 Å². The van der Waals surface area contributed by atoms with Crippen LogP contribution in [0.5, 0.6) is 0 Å². The molecule has 1 rings (SSSR count). The van der Waals surface area contributed by atoms with Crippen LogP contribution in [0.4, 0.5) is 0 Å². The van der Waals surface area contributed by atoms with Crippen LogP contribution in [0.25, 0.3) is 0 Å². The summed E-state index contributed by atoms with van der Waals surface area (Å²) in [6.07, 6.45) is 0.566. The van der Waals surface area contributed by atoms with E-state index in [0.717, 1.165) is 6.54 Å². The summed E-state index contributed by atoms with van der Waals surface area (Å²) in [5.74, 6) is -0.223. The number of hydrogen-bond acceptors (Lipinski definition) is 3. The number of carbonyl (C=O) groups excluding carboxylic acids is 1. The van der Waals surface area contributed by atoms with Gasteiger partial charge in [0, 0.05) is 0 Å². The Morgan fingerprint density at radius 1 is 1.67 bits per heavy atom. The van der Waals surface area contributed by atoms with Gasteiger partial charge in [0.05, 0.1) is 27.1 Å². The maximum absolute atomic E-state index is 11.1. The Bertz CT molecular complexity index is 222. The lowest BCUT2D eigenvalue weighted by Crippen LogP contribution is -3.10. The molecular formula is C8H14NO3+. The first kappa shape index (κ1) is 9.06. The molecule has 1 aliphatic heterocycles. The third-order valence-corrected chi connectivity index (χ3v) is 2.05. The maximum Gasteiger partial charge on any atom is 0.342 e. The van der Waals surface area contributed by atoms with Crippen molar-refractivity contribution >= 4 is 5.97 Å². The molecular weight excluding hydrogens is 158 g/mol. The molecule has 1 aliphatic rings. The molecule has 12 heavy (non-hydrogen) atoms. The van der Waals surface area contributed by atoms with E-state index in [1.165, 1.54) is 12.0 Å². The molecule has 0 aliphatic carbocycles. The predicted molar refractivity (Wildman–Crippen MR) is 42.9 cm³/mol. The van der Waals surface area contributed by atoms with Gasteiger partial charge < -0.3 is 14.7 Å². The van der Waals surface area contributed by atoms with Gasteiger partial charge in [-0.3, -0.25) is 0 Å². The van der Waals surface area contributed by atoms with Crippen molar-refractivity contribution in [2.24, 2.45) is 0 Å². The van der Waals surface area contributed by atoms with E-state index in [4.69, 9.17) is 0 Å². The van der Waals surface area contributed by atoms with Gasteiger partial charge >= 0.3 is 5.97 Å². The average Bonchev–Trinajstić information content (AvgIpc) is 2.08. The summed E-state index contributed by atoms with van der Waals surface area (Å²) in [7, 11) is 3.31. The van der Waals surface area contributed by atoms with E-state index in [2.05, 4.69) is 4.74 Å². The molecule has 68 valence electrons. The molecule has 0 aromatic heterocycles. The minimum absolute atomic E-state index is 0.187. The van der Waals surface area contributed by atoms with Crippen molar-refractivity contribution in [3.05, 3.63) is 11.3 Å². The molecule has 0 aromatic carbocycles. The van der Waals surface area contributed by atoms with Crippen LogP contribution >= 0.6 is 0 Å². The summed E-state index contributed by atoms with van der Waals surface area (Å²) in [6.45, 7) is 1.42. The third kappa shape index (κ3) is 1.76. The molecule has 1 unspecified atom stereocenters. The topological polar surface area (TPSA) is 51.0 Å². The number of aliphatic hydroxyl groups is 1. The second-order valence-corrected chi connectivity index (χ2v) is 3.05. The summed E-state index contributed by atoms with van der Waals surface area (Å²) < 4.78 is 4.54. The zero-order chi connectivity index (χ0) is 9.14. The first-order valence-corrected chi connectivity index (χ1v) is 3.95. The monoisotopic (exact) mass is 172 g/mol. The molecule has 0 aromatic rings. The number of nitrogens with one attached hydrogen (secondary N) is 1. The van der Waals surface area contributed by atoms with E-state index in [9.17, 15) is 9.90 Å². The quantitative estimate of drug-likeness (QED) is 0.493. The maximum atomic E-state index is 11.1. The van der Waals surface area contributed by atoms with Gasteiger partial charge in [-0.2, -0.15) is 0 Å². The van der Waals surface area contributed by atoms with Gasteiger partial charge in [-0.15, -0.1) is 0 Å². The molecule has 0 amide bonds. The molecule has 0 saturated carbocycles. The Kier molecular flexibility index (Phi) is 2.70. The summed E-state index contributed by atoms with van der Waals surface area (Å²) in [4.78, 5) is 12.3. The smallest absolute Gasteiger partial charge is 0.342 e. The highest BCUT2D eigenvalue weighted by Crippen LogP contribution is 2.07. The Balaban J connectivity index is 2.77. The number of likely N-dealkylation sites (N-methyl/N-ethyl adjacent to an activating group) is 1. The zero-order valence-electron chi connectivity index (χ0n) is 7.39. The predicted octanol–water partition coefficient (Wildman–Crippen LogP) is -1.11. The fourth-order valence-electron chi connectivity index (χ4n) is 1.29. The molecule has 1 atom stereocenters. The minimum atomic E-state index is -0.411. The van der Waals surface area contributed by atoms with E-state index < -0.39 is 5.97 Å². The van der Waals surface area contributed by atoms with Gasteiger partial charge in [0.15, 0.2) is 0 Å². The Morgan fingerprint density at radius 2 is 2.33 bits per heavy atom. The number of quaternary nitrogens is 1. The van der Waals surface area contributed by atoms with Crippen molar-refractivity contribution in [3.63, 3.8) is 0 Å². The van der Waals surface area contributed by atoms with E-state index >= 15 is 0 Å². The van der Waals surface area contributed by atoms with Crippen LogP contribution in [0.3, 0.4) is 0 Å². The number of ether oxygens (including phenoxy) is 1. The molecule has 0 saturated heterocycles. The highest BCUT2D eigenvalue weighted by molar-refractivity contribution is 5.89. The molecule has 0 radical (unpaired) electrons. The van der Waals surface area contributed by atoms with Crippen molar-refractivity contribution in [2.75, 3.05) is 27.2 Å². The standard InChI is InChI=1S/C8H13NO3/c1-9-4-3-7(10)6(5-9)8(11)12-2/h10H,3-5H2,1-2H3/p+1. The Hall–Kier alpha value is -1.03. The largest absolute Gasteiger partial charge is 0.511 e. The number of hydrogen-bond donors (Lipinski definition) is 2. The van der Waals surface area contributed by atoms with Gasteiger partial charge in [0.2, 0.25) is 0 Å². The van der Waals surface area contributed by atoms with Gasteiger partial charge in [-0.1, -0.05) is 0 Å². The first-order chi connectivity index (χ1) is 5.65. The SMILES string of the molecule is COC(=O)C1=C(O)CC[NH+](C)C1. The summed E-state index contributed by atoms with van der Waals surface area (Å²) in [5.41, 5.74) is 0.418. The number of aliphatic hydroxyl groups excluding tert-OH is 1. The lowest BCUT2D eigenvalue weighted by molar-refractivity contribution is -0.876. The minimum Gasteiger partial charge on any atom is -0.511 e. The second-order valence-electron chi connectivity index (χ2n) is 3.05. The molecule has 0 spiro atoms. The molecule has 2 N–H and O–H groups in total. The molecule has 0 fully saturated rings. The molecule has 1 heterocycles. The van der Waals surface area contributed by atoms with Crippen molar-refractivity contribution in [1.82, 2.24) is 0 Å². The summed E-state index contributed by atoms with van der Waals surface area (Å²) in [6, 6.07) is 0. The number of esters is 1. The van der Waals surface area contributed by atoms with Crippen molar-refractivity contribution in [1.29, 1.82) is 0 Å². The summed E-state index contributed by atoms with van der Waals surface area (Å²) >= 11 is 0. The Labute approximate surface area is 71.4 Å². The van der Waals surface area contributed by atoms with Crippen molar-refractivity contribution in [2.45, 2.75) is 6.42 Å². The van der Waals surface area contributed by atoms with E-state index in [1.807, 2.05) is 7.05 Å². The van der Waals surface area contributed by atoms with Gasteiger partial charge in [0.25, 0.3) is 0 Å². The zero-order valence-corrected chi connectivity index (χ0v) is 7.39. The van der Waals surface area contributed by atoms with Gasteiger partial charge in [-0.25, -0.2) is 4.79 Å². The van der Waals surface area contributed by atoms with Crippen LogP contribution in [-0.4, -0.2) is 38.3 Å². The van der Waals surface area contributed by atoms with Gasteiger partial charge in [0.1, 0.15) is 17.9 Å². The number of methoxy groups -OCH3 is 1.